The number of halogens is 2. The highest BCUT2D eigenvalue weighted by molar-refractivity contribution is 5.94. The first-order chi connectivity index (χ1) is 13.3. The number of hydrogen-bond donors (Lipinski definition) is 1. The fourth-order valence-electron chi connectivity index (χ4n) is 3.45. The number of rotatable bonds is 4. The van der Waals surface area contributed by atoms with Gasteiger partial charge in [0.1, 0.15) is 0 Å². The maximum Gasteiger partial charge on any atom is 0.257 e. The molecule has 1 aliphatic rings. The number of benzene rings is 1. The van der Waals surface area contributed by atoms with Crippen molar-refractivity contribution >= 4 is 30.7 Å². The summed E-state index contributed by atoms with van der Waals surface area (Å²) in [6.07, 6.45) is 7.87. The number of nitrogens with zero attached hydrogens (tertiary/aromatic N) is 4. The Labute approximate surface area is 183 Å². The fourth-order valence-corrected chi connectivity index (χ4v) is 3.45. The Morgan fingerprint density at radius 1 is 1.17 bits per heavy atom. The lowest BCUT2D eigenvalue weighted by Gasteiger charge is -2.36. The highest BCUT2D eigenvalue weighted by atomic mass is 35.5. The van der Waals surface area contributed by atoms with Gasteiger partial charge in [-0.1, -0.05) is 31.2 Å². The van der Waals surface area contributed by atoms with Crippen LogP contribution >= 0.6 is 24.8 Å². The van der Waals surface area contributed by atoms with Crippen molar-refractivity contribution in [3.05, 3.63) is 77.9 Å². The minimum atomic E-state index is 0. The Bertz CT molecular complexity index is 914. The predicted octanol–water partition coefficient (Wildman–Crippen LogP) is 3.46. The monoisotopic (exact) mass is 433 g/mol. The number of piperazine rings is 1. The third-order valence-corrected chi connectivity index (χ3v) is 5.02. The molecule has 6 nitrogen and oxygen atoms in total. The first kappa shape index (κ1) is 22.9. The van der Waals surface area contributed by atoms with E-state index < -0.39 is 0 Å². The Morgan fingerprint density at radius 2 is 1.97 bits per heavy atom. The van der Waals surface area contributed by atoms with Crippen molar-refractivity contribution in [2.45, 2.75) is 19.4 Å². The van der Waals surface area contributed by atoms with E-state index in [9.17, 15) is 4.79 Å². The van der Waals surface area contributed by atoms with Crippen molar-refractivity contribution in [2.24, 2.45) is 0 Å². The standard InChI is InChI=1S/C21H23N5O.2ClH/c1-2-16-5-7-17(8-6-16)20-14-23-10-11-25(20)21(27)18-12-24-26(15-18)19-4-3-9-22-13-19;;/h3-9,12-13,15,20,23H,2,10-11,14H2,1H3;2*1H. The van der Waals surface area contributed by atoms with E-state index in [1.54, 1.807) is 29.5 Å². The summed E-state index contributed by atoms with van der Waals surface area (Å²) in [5.74, 6) is 0.0104. The third-order valence-electron chi connectivity index (χ3n) is 5.02. The molecule has 1 unspecified atom stereocenters. The molecule has 3 aromatic rings. The molecule has 2 aromatic heterocycles. The molecule has 1 amide bonds. The molecule has 1 aliphatic heterocycles. The molecule has 29 heavy (non-hydrogen) atoms. The topological polar surface area (TPSA) is 63.1 Å². The molecule has 1 atom stereocenters. The van der Waals surface area contributed by atoms with Gasteiger partial charge >= 0.3 is 0 Å². The van der Waals surface area contributed by atoms with Gasteiger partial charge in [0.15, 0.2) is 0 Å². The number of aryl methyl sites for hydroxylation is 1. The average Bonchev–Trinajstić information content (AvgIpc) is 3.24. The van der Waals surface area contributed by atoms with Crippen molar-refractivity contribution < 1.29 is 4.79 Å². The summed E-state index contributed by atoms with van der Waals surface area (Å²) in [6, 6.07) is 12.4. The van der Waals surface area contributed by atoms with Crippen LogP contribution in [0.4, 0.5) is 0 Å². The zero-order chi connectivity index (χ0) is 18.6. The molecule has 1 fully saturated rings. The Hall–Kier alpha value is -2.41. The number of amides is 1. The molecule has 1 saturated heterocycles. The lowest BCUT2D eigenvalue weighted by Crippen LogP contribution is -2.48. The van der Waals surface area contributed by atoms with Crippen LogP contribution in [0, 0.1) is 0 Å². The van der Waals surface area contributed by atoms with E-state index in [2.05, 4.69) is 46.6 Å². The van der Waals surface area contributed by atoms with Gasteiger partial charge in [-0.05, 0) is 29.7 Å². The second kappa shape index (κ2) is 10.4. The van der Waals surface area contributed by atoms with Gasteiger partial charge in [0.05, 0.1) is 29.7 Å². The molecule has 0 aliphatic carbocycles. The molecule has 1 N–H and O–H groups in total. The second-order valence-corrected chi connectivity index (χ2v) is 6.70. The fraction of sp³-hybridized carbons (Fsp3) is 0.286. The Balaban J connectivity index is 0.00000150. The minimum Gasteiger partial charge on any atom is -0.329 e. The Morgan fingerprint density at radius 3 is 2.66 bits per heavy atom. The van der Waals surface area contributed by atoms with Crippen LogP contribution in [-0.4, -0.2) is 45.2 Å². The van der Waals surface area contributed by atoms with Gasteiger partial charge in [-0.2, -0.15) is 5.10 Å². The maximum atomic E-state index is 13.2. The summed E-state index contributed by atoms with van der Waals surface area (Å²) < 4.78 is 1.69. The Kier molecular flexibility index (Phi) is 8.20. The zero-order valence-electron chi connectivity index (χ0n) is 16.2. The SMILES string of the molecule is CCc1ccc(C2CNCCN2C(=O)c2cnn(-c3cccnc3)c2)cc1.Cl.Cl. The molecule has 154 valence electrons. The number of aromatic nitrogens is 3. The summed E-state index contributed by atoms with van der Waals surface area (Å²) >= 11 is 0. The summed E-state index contributed by atoms with van der Waals surface area (Å²) in [6.45, 7) is 4.38. The van der Waals surface area contributed by atoms with Gasteiger partial charge in [0.25, 0.3) is 5.91 Å². The largest absolute Gasteiger partial charge is 0.329 e. The molecule has 0 spiro atoms. The van der Waals surface area contributed by atoms with Crippen LogP contribution < -0.4 is 5.32 Å². The van der Waals surface area contributed by atoms with Crippen LogP contribution in [0.3, 0.4) is 0 Å². The average molecular weight is 434 g/mol. The number of nitrogens with one attached hydrogen (secondary N) is 1. The van der Waals surface area contributed by atoms with Gasteiger partial charge in [-0.15, -0.1) is 24.8 Å². The summed E-state index contributed by atoms with van der Waals surface area (Å²) in [5, 5.41) is 7.74. The summed E-state index contributed by atoms with van der Waals surface area (Å²) in [7, 11) is 0. The number of carbonyl (C=O) groups is 1. The lowest BCUT2D eigenvalue weighted by atomic mass is 10.0. The van der Waals surface area contributed by atoms with Gasteiger partial charge in [0, 0.05) is 32.0 Å². The summed E-state index contributed by atoms with van der Waals surface area (Å²) in [5.41, 5.74) is 3.89. The van der Waals surface area contributed by atoms with Crippen LogP contribution in [0.5, 0.6) is 0 Å². The first-order valence-electron chi connectivity index (χ1n) is 9.32. The van der Waals surface area contributed by atoms with Crippen LogP contribution in [0.2, 0.25) is 0 Å². The second-order valence-electron chi connectivity index (χ2n) is 6.70. The molecule has 8 heteroatoms. The molecule has 0 saturated carbocycles. The van der Waals surface area contributed by atoms with Crippen LogP contribution in [0.25, 0.3) is 5.69 Å². The van der Waals surface area contributed by atoms with Crippen LogP contribution in [0.15, 0.2) is 61.2 Å². The van der Waals surface area contributed by atoms with Crippen molar-refractivity contribution in [2.75, 3.05) is 19.6 Å². The zero-order valence-corrected chi connectivity index (χ0v) is 17.8. The first-order valence-corrected chi connectivity index (χ1v) is 9.32. The van der Waals surface area contributed by atoms with E-state index in [4.69, 9.17) is 0 Å². The quantitative estimate of drug-likeness (QED) is 0.683. The van der Waals surface area contributed by atoms with Gasteiger partial charge in [-0.25, -0.2) is 4.68 Å². The van der Waals surface area contributed by atoms with E-state index in [0.717, 1.165) is 30.8 Å². The van der Waals surface area contributed by atoms with E-state index in [0.29, 0.717) is 12.1 Å². The third kappa shape index (κ3) is 4.96. The predicted molar refractivity (Wildman–Crippen MR) is 118 cm³/mol. The van der Waals surface area contributed by atoms with Gasteiger partial charge in [-0.3, -0.25) is 9.78 Å². The summed E-state index contributed by atoms with van der Waals surface area (Å²) in [4.78, 5) is 19.2. The smallest absolute Gasteiger partial charge is 0.257 e. The molecular weight excluding hydrogens is 409 g/mol. The van der Waals surface area contributed by atoms with Crippen molar-refractivity contribution in [3.8, 4) is 5.69 Å². The van der Waals surface area contributed by atoms with Gasteiger partial charge in [0.2, 0.25) is 0 Å². The van der Waals surface area contributed by atoms with E-state index in [1.165, 1.54) is 5.56 Å². The number of carbonyl (C=O) groups excluding carboxylic acids is 1. The lowest BCUT2D eigenvalue weighted by molar-refractivity contribution is 0.0634. The molecule has 0 bridgehead atoms. The number of hydrogen-bond acceptors (Lipinski definition) is 4. The van der Waals surface area contributed by atoms with Crippen molar-refractivity contribution in [1.82, 2.24) is 25.0 Å². The molecule has 1 aromatic carbocycles. The normalized spacial score (nSPS) is 15.9. The number of pyridine rings is 1. The van der Waals surface area contributed by atoms with Gasteiger partial charge < -0.3 is 10.2 Å². The van der Waals surface area contributed by atoms with Crippen LogP contribution in [0.1, 0.15) is 34.5 Å². The van der Waals surface area contributed by atoms with E-state index >= 15 is 0 Å². The highest BCUT2D eigenvalue weighted by Crippen LogP contribution is 2.25. The minimum absolute atomic E-state index is 0. The van der Waals surface area contributed by atoms with Crippen molar-refractivity contribution in [3.63, 3.8) is 0 Å². The van der Waals surface area contributed by atoms with E-state index in [1.807, 2.05) is 17.0 Å². The highest BCUT2D eigenvalue weighted by Gasteiger charge is 2.29. The van der Waals surface area contributed by atoms with Crippen LogP contribution in [-0.2, 0) is 6.42 Å². The molecule has 3 heterocycles. The molecule has 4 rings (SSSR count). The maximum absolute atomic E-state index is 13.2. The molecular formula is C21H25Cl2N5O. The van der Waals surface area contributed by atoms with Crippen molar-refractivity contribution in [1.29, 1.82) is 0 Å². The molecule has 0 radical (unpaired) electrons. The van der Waals surface area contributed by atoms with E-state index in [-0.39, 0.29) is 36.8 Å².